The van der Waals surface area contributed by atoms with Gasteiger partial charge in [0.25, 0.3) is 0 Å². The Morgan fingerprint density at radius 1 is 1.22 bits per heavy atom. The van der Waals surface area contributed by atoms with E-state index >= 15 is 0 Å². The Balaban J connectivity index is 1.82. The molecule has 0 atom stereocenters. The van der Waals surface area contributed by atoms with Gasteiger partial charge < -0.3 is 15.1 Å². The molecule has 0 amide bonds. The van der Waals surface area contributed by atoms with Gasteiger partial charge in [0.05, 0.1) is 11.0 Å². The first kappa shape index (κ1) is 11.4. The molecule has 5 heteroatoms. The topological polar surface area (TPSA) is 67.8 Å². The molecule has 0 aliphatic heterocycles. The number of H-pyrrole nitrogens is 1. The summed E-state index contributed by atoms with van der Waals surface area (Å²) >= 11 is 1.49. The van der Waals surface area contributed by atoms with Crippen LogP contribution in [0.15, 0.2) is 51.1 Å². The SMILES string of the molecule is NCCc1ccc(Sc2nc3ccccc3[nH]2)o1. The molecule has 92 valence electrons. The van der Waals surface area contributed by atoms with Gasteiger partial charge in [0, 0.05) is 6.42 Å². The molecule has 0 spiro atoms. The summed E-state index contributed by atoms with van der Waals surface area (Å²) in [4.78, 5) is 7.74. The highest BCUT2D eigenvalue weighted by molar-refractivity contribution is 7.99. The van der Waals surface area contributed by atoms with Crippen molar-refractivity contribution < 1.29 is 4.42 Å². The van der Waals surface area contributed by atoms with Gasteiger partial charge in [-0.3, -0.25) is 0 Å². The number of nitrogens with two attached hydrogens (primary N) is 1. The molecule has 18 heavy (non-hydrogen) atoms. The van der Waals surface area contributed by atoms with Crippen molar-refractivity contribution in [3.8, 4) is 0 Å². The molecule has 0 aliphatic rings. The fourth-order valence-corrected chi connectivity index (χ4v) is 2.54. The molecule has 4 nitrogen and oxygen atoms in total. The molecule has 0 fully saturated rings. The molecule has 2 heterocycles. The van der Waals surface area contributed by atoms with Crippen molar-refractivity contribution in [3.63, 3.8) is 0 Å². The highest BCUT2D eigenvalue weighted by atomic mass is 32.2. The minimum Gasteiger partial charge on any atom is -0.454 e. The van der Waals surface area contributed by atoms with Crippen molar-refractivity contribution in [2.45, 2.75) is 16.7 Å². The number of para-hydroxylation sites is 2. The average molecular weight is 259 g/mol. The number of rotatable bonds is 4. The molecular formula is C13H13N3OS. The van der Waals surface area contributed by atoms with E-state index in [1.165, 1.54) is 11.8 Å². The van der Waals surface area contributed by atoms with Crippen LogP contribution in [0.2, 0.25) is 0 Å². The molecule has 0 saturated carbocycles. The molecule has 2 aromatic heterocycles. The van der Waals surface area contributed by atoms with Crippen LogP contribution in [0.5, 0.6) is 0 Å². The molecule has 3 aromatic rings. The standard InChI is InChI=1S/C13H13N3OS/c14-8-7-9-5-6-12(17-9)18-13-15-10-3-1-2-4-11(10)16-13/h1-6H,7-8,14H2,(H,15,16). The number of furan rings is 1. The van der Waals surface area contributed by atoms with E-state index in [0.29, 0.717) is 6.54 Å². The Morgan fingerprint density at radius 2 is 2.11 bits per heavy atom. The van der Waals surface area contributed by atoms with Gasteiger partial charge in [-0.1, -0.05) is 12.1 Å². The Labute approximate surface area is 109 Å². The summed E-state index contributed by atoms with van der Waals surface area (Å²) in [5.41, 5.74) is 7.49. The molecule has 0 aliphatic carbocycles. The Hall–Kier alpha value is -1.72. The van der Waals surface area contributed by atoms with E-state index in [0.717, 1.165) is 33.5 Å². The maximum Gasteiger partial charge on any atom is 0.174 e. The van der Waals surface area contributed by atoms with Crippen LogP contribution < -0.4 is 5.73 Å². The highest BCUT2D eigenvalue weighted by Gasteiger charge is 2.07. The Bertz CT molecular complexity index is 626. The summed E-state index contributed by atoms with van der Waals surface area (Å²) in [5.74, 6) is 0.913. The lowest BCUT2D eigenvalue weighted by atomic mass is 10.3. The van der Waals surface area contributed by atoms with Crippen LogP contribution in [0.3, 0.4) is 0 Å². The first-order valence-electron chi connectivity index (χ1n) is 5.76. The van der Waals surface area contributed by atoms with Gasteiger partial charge in [0.2, 0.25) is 0 Å². The second-order valence-electron chi connectivity index (χ2n) is 3.92. The Kier molecular flexibility index (Phi) is 3.08. The van der Waals surface area contributed by atoms with E-state index in [9.17, 15) is 0 Å². The van der Waals surface area contributed by atoms with Crippen molar-refractivity contribution in [2.75, 3.05) is 6.54 Å². The van der Waals surface area contributed by atoms with Gasteiger partial charge in [-0.25, -0.2) is 4.98 Å². The van der Waals surface area contributed by atoms with Crippen molar-refractivity contribution in [2.24, 2.45) is 5.73 Å². The van der Waals surface area contributed by atoms with Gasteiger partial charge in [-0.2, -0.15) is 0 Å². The Morgan fingerprint density at radius 3 is 2.94 bits per heavy atom. The normalized spacial score (nSPS) is 11.2. The summed E-state index contributed by atoms with van der Waals surface area (Å²) in [6.07, 6.45) is 0.765. The van der Waals surface area contributed by atoms with E-state index in [-0.39, 0.29) is 0 Å². The molecule has 1 aromatic carbocycles. The zero-order valence-electron chi connectivity index (χ0n) is 9.72. The largest absolute Gasteiger partial charge is 0.454 e. The zero-order valence-corrected chi connectivity index (χ0v) is 10.5. The number of imidazole rings is 1. The number of hydrogen-bond donors (Lipinski definition) is 2. The first-order valence-corrected chi connectivity index (χ1v) is 6.58. The van der Waals surface area contributed by atoms with Crippen LogP contribution in [0.4, 0.5) is 0 Å². The van der Waals surface area contributed by atoms with E-state index in [1.807, 2.05) is 36.4 Å². The molecule has 0 unspecified atom stereocenters. The predicted molar refractivity (Wildman–Crippen MR) is 71.7 cm³/mol. The fraction of sp³-hybridized carbons (Fsp3) is 0.154. The van der Waals surface area contributed by atoms with E-state index in [4.69, 9.17) is 10.2 Å². The lowest BCUT2D eigenvalue weighted by Gasteiger charge is -1.93. The third kappa shape index (κ3) is 2.27. The van der Waals surface area contributed by atoms with Gasteiger partial charge in [-0.05, 0) is 42.6 Å². The maximum absolute atomic E-state index is 5.65. The third-order valence-corrected chi connectivity index (χ3v) is 3.40. The summed E-state index contributed by atoms with van der Waals surface area (Å²) in [5, 5.41) is 1.67. The molecule has 0 saturated heterocycles. The summed E-state index contributed by atoms with van der Waals surface area (Å²) in [7, 11) is 0. The van der Waals surface area contributed by atoms with Gasteiger partial charge in [-0.15, -0.1) is 0 Å². The van der Waals surface area contributed by atoms with Crippen LogP contribution >= 0.6 is 11.8 Å². The minimum atomic E-state index is 0.599. The molecular weight excluding hydrogens is 246 g/mol. The highest BCUT2D eigenvalue weighted by Crippen LogP contribution is 2.28. The average Bonchev–Trinajstić information content (AvgIpc) is 2.96. The number of aromatic amines is 1. The number of benzene rings is 1. The number of fused-ring (bicyclic) bond motifs is 1. The van der Waals surface area contributed by atoms with E-state index in [1.54, 1.807) is 0 Å². The third-order valence-electron chi connectivity index (χ3n) is 2.59. The van der Waals surface area contributed by atoms with Crippen molar-refractivity contribution in [1.82, 2.24) is 9.97 Å². The van der Waals surface area contributed by atoms with Crippen molar-refractivity contribution in [3.05, 3.63) is 42.2 Å². The van der Waals surface area contributed by atoms with Crippen LogP contribution in [0.1, 0.15) is 5.76 Å². The van der Waals surface area contributed by atoms with Gasteiger partial charge in [0.15, 0.2) is 10.2 Å². The molecule has 3 N–H and O–H groups in total. The van der Waals surface area contributed by atoms with Crippen LogP contribution in [0.25, 0.3) is 11.0 Å². The second-order valence-corrected chi connectivity index (χ2v) is 4.91. The second kappa shape index (κ2) is 4.88. The van der Waals surface area contributed by atoms with Crippen LogP contribution in [-0.2, 0) is 6.42 Å². The smallest absolute Gasteiger partial charge is 0.174 e. The van der Waals surface area contributed by atoms with Gasteiger partial charge in [0.1, 0.15) is 5.76 Å². The van der Waals surface area contributed by atoms with Crippen molar-refractivity contribution >= 4 is 22.8 Å². The quantitative estimate of drug-likeness (QED) is 0.756. The zero-order chi connectivity index (χ0) is 12.4. The number of nitrogens with one attached hydrogen (secondary N) is 1. The monoisotopic (exact) mass is 259 g/mol. The number of aromatic nitrogens is 2. The number of nitrogens with zero attached hydrogens (tertiary/aromatic N) is 1. The minimum absolute atomic E-state index is 0.599. The van der Waals surface area contributed by atoms with E-state index < -0.39 is 0 Å². The fourth-order valence-electron chi connectivity index (χ4n) is 1.76. The summed E-state index contributed by atoms with van der Waals surface area (Å²) < 4.78 is 5.65. The molecule has 0 bridgehead atoms. The predicted octanol–water partition coefficient (Wildman–Crippen LogP) is 2.81. The number of hydrogen-bond acceptors (Lipinski definition) is 4. The van der Waals surface area contributed by atoms with Gasteiger partial charge >= 0.3 is 0 Å². The first-order chi connectivity index (χ1) is 8.85. The lowest BCUT2D eigenvalue weighted by molar-refractivity contribution is 0.432. The molecule has 0 radical (unpaired) electrons. The van der Waals surface area contributed by atoms with Crippen molar-refractivity contribution in [1.29, 1.82) is 0 Å². The van der Waals surface area contributed by atoms with Crippen LogP contribution in [0, 0.1) is 0 Å². The van der Waals surface area contributed by atoms with E-state index in [2.05, 4.69) is 9.97 Å². The lowest BCUT2D eigenvalue weighted by Crippen LogP contribution is -2.01. The molecule has 3 rings (SSSR count). The summed E-state index contributed by atoms with van der Waals surface area (Å²) in [6.45, 7) is 0.599. The maximum atomic E-state index is 5.65. The van der Waals surface area contributed by atoms with Crippen LogP contribution in [-0.4, -0.2) is 16.5 Å². The summed E-state index contributed by atoms with van der Waals surface area (Å²) in [6, 6.07) is 11.9.